The Hall–Kier alpha value is -3.82. The van der Waals surface area contributed by atoms with Crippen molar-refractivity contribution in [3.05, 3.63) is 71.9 Å². The van der Waals surface area contributed by atoms with Crippen LogP contribution in [0.25, 0.3) is 22.3 Å². The third-order valence-electron chi connectivity index (χ3n) is 7.10. The number of carbonyl (C=O) groups is 1. The number of ether oxygens (including phenoxy) is 1. The van der Waals surface area contributed by atoms with Gasteiger partial charge in [-0.15, -0.1) is 0 Å². The average molecular weight is 529 g/mol. The predicted octanol–water partition coefficient (Wildman–Crippen LogP) is 3.93. The van der Waals surface area contributed by atoms with E-state index in [2.05, 4.69) is 33.0 Å². The molecule has 0 bridgehead atoms. The second-order valence-electron chi connectivity index (χ2n) is 10.5. The maximum Gasteiger partial charge on any atom is 0.270 e. The van der Waals surface area contributed by atoms with Gasteiger partial charge in [0, 0.05) is 62.0 Å². The quantitative estimate of drug-likeness (QED) is 0.339. The molecule has 0 saturated carbocycles. The smallest absolute Gasteiger partial charge is 0.270 e. The molecule has 204 valence electrons. The molecule has 1 aliphatic heterocycles. The molecule has 9 nitrogen and oxygen atoms in total. The highest BCUT2D eigenvalue weighted by molar-refractivity contribution is 5.98. The lowest BCUT2D eigenvalue weighted by Crippen LogP contribution is -2.47. The summed E-state index contributed by atoms with van der Waals surface area (Å²) in [6.45, 7) is 7.06. The molecule has 9 heteroatoms. The SMILES string of the molecule is CC(O)CCC(C)Oc1ccnc(-c2ccnc(Cc3ccc4[nH]c(C(=O)N5CCN(C)CC5)cc4c3)n2)c1. The lowest BCUT2D eigenvalue weighted by Gasteiger charge is -2.32. The molecule has 0 radical (unpaired) electrons. The van der Waals surface area contributed by atoms with E-state index in [1.807, 2.05) is 48.2 Å². The van der Waals surface area contributed by atoms with Crippen molar-refractivity contribution >= 4 is 16.8 Å². The third-order valence-corrected chi connectivity index (χ3v) is 7.10. The number of H-pyrrole nitrogens is 1. The Kier molecular flexibility index (Phi) is 8.18. The number of fused-ring (bicyclic) bond motifs is 1. The van der Waals surface area contributed by atoms with Gasteiger partial charge in [-0.25, -0.2) is 9.97 Å². The number of nitrogens with one attached hydrogen (secondary N) is 1. The molecule has 2 atom stereocenters. The van der Waals surface area contributed by atoms with Gasteiger partial charge < -0.3 is 24.6 Å². The van der Waals surface area contributed by atoms with Crippen LogP contribution in [-0.2, 0) is 6.42 Å². The highest BCUT2D eigenvalue weighted by Gasteiger charge is 2.21. The molecule has 5 rings (SSSR count). The number of hydrogen-bond donors (Lipinski definition) is 2. The number of piperazine rings is 1. The Balaban J connectivity index is 1.28. The number of amides is 1. The topological polar surface area (TPSA) is 107 Å². The van der Waals surface area contributed by atoms with Crippen LogP contribution < -0.4 is 4.74 Å². The Labute approximate surface area is 228 Å². The Morgan fingerprint density at radius 3 is 2.59 bits per heavy atom. The fraction of sp³-hybridized carbons (Fsp3) is 0.400. The van der Waals surface area contributed by atoms with Crippen LogP contribution >= 0.6 is 0 Å². The lowest BCUT2D eigenvalue weighted by atomic mass is 10.1. The van der Waals surface area contributed by atoms with E-state index in [1.165, 1.54) is 0 Å². The van der Waals surface area contributed by atoms with Crippen LogP contribution in [0.3, 0.4) is 0 Å². The van der Waals surface area contributed by atoms with Crippen molar-refractivity contribution in [1.82, 2.24) is 29.7 Å². The summed E-state index contributed by atoms with van der Waals surface area (Å²) in [6.07, 6.45) is 5.13. The van der Waals surface area contributed by atoms with E-state index in [1.54, 1.807) is 19.3 Å². The van der Waals surface area contributed by atoms with Crippen molar-refractivity contribution in [2.24, 2.45) is 0 Å². The molecular weight excluding hydrogens is 492 g/mol. The number of pyridine rings is 1. The summed E-state index contributed by atoms with van der Waals surface area (Å²) < 4.78 is 6.03. The highest BCUT2D eigenvalue weighted by atomic mass is 16.5. The van der Waals surface area contributed by atoms with Gasteiger partial charge >= 0.3 is 0 Å². The van der Waals surface area contributed by atoms with Crippen molar-refractivity contribution in [3.8, 4) is 17.1 Å². The normalized spacial score (nSPS) is 15.8. The van der Waals surface area contributed by atoms with Gasteiger partial charge in [0.2, 0.25) is 0 Å². The Bertz CT molecular complexity index is 1430. The van der Waals surface area contributed by atoms with Gasteiger partial charge in [0.1, 0.15) is 17.3 Å². The number of aliphatic hydroxyl groups excluding tert-OH is 1. The van der Waals surface area contributed by atoms with Gasteiger partial charge in [-0.3, -0.25) is 9.78 Å². The number of rotatable bonds is 9. The molecule has 0 spiro atoms. The molecule has 4 heterocycles. The fourth-order valence-corrected chi connectivity index (χ4v) is 4.79. The molecular formula is C30H36N6O3. The number of nitrogens with zero attached hydrogens (tertiary/aromatic N) is 5. The summed E-state index contributed by atoms with van der Waals surface area (Å²) in [7, 11) is 2.08. The van der Waals surface area contributed by atoms with Crippen LogP contribution in [0.4, 0.5) is 0 Å². The first-order valence-electron chi connectivity index (χ1n) is 13.6. The third kappa shape index (κ3) is 6.79. The molecule has 1 amide bonds. The van der Waals surface area contributed by atoms with Gasteiger partial charge in [0.05, 0.1) is 23.6 Å². The molecule has 1 aromatic carbocycles. The minimum Gasteiger partial charge on any atom is -0.491 e. The zero-order chi connectivity index (χ0) is 27.4. The summed E-state index contributed by atoms with van der Waals surface area (Å²) in [5.41, 5.74) is 4.07. The van der Waals surface area contributed by atoms with Crippen molar-refractivity contribution in [1.29, 1.82) is 0 Å². The maximum atomic E-state index is 13.0. The summed E-state index contributed by atoms with van der Waals surface area (Å²) >= 11 is 0. The van der Waals surface area contributed by atoms with Crippen LogP contribution in [0.5, 0.6) is 5.75 Å². The van der Waals surface area contributed by atoms with Gasteiger partial charge in [-0.2, -0.15) is 0 Å². The molecule has 4 aromatic rings. The van der Waals surface area contributed by atoms with Crippen LogP contribution in [-0.4, -0.2) is 86.2 Å². The number of likely N-dealkylation sites (N-methyl/N-ethyl adjacent to an activating group) is 1. The average Bonchev–Trinajstić information content (AvgIpc) is 3.36. The molecule has 3 aromatic heterocycles. The minimum absolute atomic E-state index is 0.0171. The van der Waals surface area contributed by atoms with E-state index in [-0.39, 0.29) is 18.1 Å². The molecule has 2 N–H and O–H groups in total. The number of aromatic nitrogens is 4. The van der Waals surface area contributed by atoms with Crippen molar-refractivity contribution in [2.45, 2.75) is 45.3 Å². The van der Waals surface area contributed by atoms with Gasteiger partial charge in [0.25, 0.3) is 5.91 Å². The molecule has 1 fully saturated rings. The second-order valence-corrected chi connectivity index (χ2v) is 10.5. The Morgan fingerprint density at radius 1 is 1.00 bits per heavy atom. The molecule has 0 aliphatic carbocycles. The second kappa shape index (κ2) is 11.9. The van der Waals surface area contributed by atoms with Crippen LogP contribution in [0.2, 0.25) is 0 Å². The number of carbonyl (C=O) groups excluding carboxylic acids is 1. The summed E-state index contributed by atoms with van der Waals surface area (Å²) in [6, 6.07) is 13.6. The van der Waals surface area contributed by atoms with Crippen LogP contribution in [0.15, 0.2) is 54.9 Å². The molecule has 39 heavy (non-hydrogen) atoms. The first kappa shape index (κ1) is 26.8. The maximum absolute atomic E-state index is 13.0. The van der Waals surface area contributed by atoms with E-state index in [4.69, 9.17) is 9.72 Å². The number of hydrogen-bond acceptors (Lipinski definition) is 7. The van der Waals surface area contributed by atoms with Gasteiger partial charge in [-0.05, 0) is 69.6 Å². The monoisotopic (exact) mass is 528 g/mol. The van der Waals surface area contributed by atoms with Crippen molar-refractivity contribution < 1.29 is 14.6 Å². The zero-order valence-electron chi connectivity index (χ0n) is 22.8. The summed E-state index contributed by atoms with van der Waals surface area (Å²) in [5.74, 6) is 1.46. The fourth-order valence-electron chi connectivity index (χ4n) is 4.79. The van der Waals surface area contributed by atoms with E-state index < -0.39 is 0 Å². The Morgan fingerprint density at radius 2 is 1.79 bits per heavy atom. The largest absolute Gasteiger partial charge is 0.491 e. The van der Waals surface area contributed by atoms with E-state index in [9.17, 15) is 9.90 Å². The minimum atomic E-state index is -0.340. The molecule has 1 saturated heterocycles. The van der Waals surface area contributed by atoms with Crippen molar-refractivity contribution in [2.75, 3.05) is 33.2 Å². The zero-order valence-corrected chi connectivity index (χ0v) is 22.8. The van der Waals surface area contributed by atoms with E-state index >= 15 is 0 Å². The van der Waals surface area contributed by atoms with Crippen LogP contribution in [0, 0.1) is 0 Å². The number of benzene rings is 1. The lowest BCUT2D eigenvalue weighted by molar-refractivity contribution is 0.0659. The molecule has 2 unspecified atom stereocenters. The predicted molar refractivity (Wildman–Crippen MR) is 151 cm³/mol. The first-order valence-corrected chi connectivity index (χ1v) is 13.6. The first-order chi connectivity index (χ1) is 18.8. The summed E-state index contributed by atoms with van der Waals surface area (Å²) in [4.78, 5) is 34.2. The highest BCUT2D eigenvalue weighted by Crippen LogP contribution is 2.23. The van der Waals surface area contributed by atoms with E-state index in [0.29, 0.717) is 30.1 Å². The standard InChI is InChI=1S/C30H36N6O3/c1-20(37)4-5-21(2)39-24-8-10-31-27(19-24)26-9-11-32-29(34-26)17-22-6-7-25-23(16-22)18-28(33-25)30(38)36-14-12-35(3)13-15-36/h6-11,16,18-21,33,37H,4-5,12-15,17H2,1-3H3. The van der Waals surface area contributed by atoms with Gasteiger partial charge in [-0.1, -0.05) is 6.07 Å². The van der Waals surface area contributed by atoms with Crippen LogP contribution in [0.1, 0.15) is 48.6 Å². The van der Waals surface area contributed by atoms with Crippen molar-refractivity contribution in [3.63, 3.8) is 0 Å². The molecule has 1 aliphatic rings. The number of aromatic amines is 1. The number of aliphatic hydroxyl groups is 1. The van der Waals surface area contributed by atoms with E-state index in [0.717, 1.165) is 60.5 Å². The van der Waals surface area contributed by atoms with Gasteiger partial charge in [0.15, 0.2) is 0 Å². The summed E-state index contributed by atoms with van der Waals surface area (Å²) in [5, 5.41) is 10.5.